The van der Waals surface area contributed by atoms with Crippen LogP contribution in [0.1, 0.15) is 0 Å². The van der Waals surface area contributed by atoms with Crippen molar-refractivity contribution in [1.29, 1.82) is 0 Å². The highest BCUT2D eigenvalue weighted by molar-refractivity contribution is 4.93. The third-order valence-electron chi connectivity index (χ3n) is 4.19. The Kier molecular flexibility index (Phi) is 6.87. The van der Waals surface area contributed by atoms with Crippen molar-refractivity contribution in [1.82, 2.24) is 0 Å². The largest absolute Gasteiger partial charge is 0.394 e. The third kappa shape index (κ3) is 3.71. The van der Waals surface area contributed by atoms with E-state index >= 15 is 0 Å². The maximum absolute atomic E-state index is 10.2. The normalized spacial score (nSPS) is 50.0. The number of hydrogen-bond donors (Lipinski definition) is 7. The smallest absolute Gasteiger partial charge is 0.187 e. The first-order chi connectivity index (χ1) is 11.3. The molecule has 4 unspecified atom stereocenters. The number of ether oxygens (including phenoxy) is 4. The van der Waals surface area contributed by atoms with Crippen LogP contribution in [0.4, 0.5) is 0 Å². The highest BCUT2D eigenvalue weighted by atomic mass is 16.7. The molecule has 0 aromatic heterocycles. The molecule has 0 saturated carbocycles. The van der Waals surface area contributed by atoms with Crippen LogP contribution in [0, 0.1) is 0 Å². The summed E-state index contributed by atoms with van der Waals surface area (Å²) in [5, 5.41) is 68.0. The van der Waals surface area contributed by atoms with Crippen LogP contribution in [0.5, 0.6) is 0 Å². The van der Waals surface area contributed by atoms with Crippen molar-refractivity contribution in [3.63, 3.8) is 0 Å². The first-order valence-electron chi connectivity index (χ1n) is 7.46. The summed E-state index contributed by atoms with van der Waals surface area (Å²) in [4.78, 5) is 0. The van der Waals surface area contributed by atoms with E-state index in [1.54, 1.807) is 0 Å². The fraction of sp³-hybridized carbons (Fsp3) is 1.00. The van der Waals surface area contributed by atoms with Crippen LogP contribution in [0.15, 0.2) is 0 Å². The maximum Gasteiger partial charge on any atom is 0.187 e. The van der Waals surface area contributed by atoms with E-state index in [0.717, 1.165) is 0 Å². The molecular formula is C13H24O11. The van der Waals surface area contributed by atoms with E-state index in [1.165, 1.54) is 7.11 Å². The second-order valence-electron chi connectivity index (χ2n) is 5.74. The number of methoxy groups -OCH3 is 1. The zero-order valence-corrected chi connectivity index (χ0v) is 13.0. The van der Waals surface area contributed by atoms with Gasteiger partial charge in [-0.1, -0.05) is 0 Å². The predicted molar refractivity (Wildman–Crippen MR) is 73.4 cm³/mol. The Labute approximate surface area is 137 Å². The van der Waals surface area contributed by atoms with Gasteiger partial charge < -0.3 is 54.7 Å². The zero-order valence-electron chi connectivity index (χ0n) is 13.0. The van der Waals surface area contributed by atoms with E-state index in [9.17, 15) is 30.6 Å². The van der Waals surface area contributed by atoms with Crippen molar-refractivity contribution < 1.29 is 54.7 Å². The Morgan fingerprint density at radius 2 is 1.25 bits per heavy atom. The third-order valence-corrected chi connectivity index (χ3v) is 4.19. The van der Waals surface area contributed by atoms with E-state index < -0.39 is 74.6 Å². The Morgan fingerprint density at radius 3 is 1.79 bits per heavy atom. The first kappa shape index (κ1) is 19.9. The summed E-state index contributed by atoms with van der Waals surface area (Å²) in [6.07, 6.45) is -14.3. The molecule has 2 aliphatic rings. The van der Waals surface area contributed by atoms with Gasteiger partial charge in [0, 0.05) is 7.11 Å². The van der Waals surface area contributed by atoms with Crippen LogP contribution >= 0.6 is 0 Å². The summed E-state index contributed by atoms with van der Waals surface area (Å²) < 4.78 is 20.6. The van der Waals surface area contributed by atoms with Crippen LogP contribution in [0.2, 0.25) is 0 Å². The van der Waals surface area contributed by atoms with Crippen molar-refractivity contribution in [3.8, 4) is 0 Å². The average molecular weight is 356 g/mol. The number of aliphatic hydroxyl groups excluding tert-OH is 7. The van der Waals surface area contributed by atoms with Gasteiger partial charge in [-0.15, -0.1) is 0 Å². The minimum absolute atomic E-state index is 0.592. The van der Waals surface area contributed by atoms with Crippen LogP contribution < -0.4 is 0 Å². The van der Waals surface area contributed by atoms with Crippen molar-refractivity contribution in [2.24, 2.45) is 0 Å². The van der Waals surface area contributed by atoms with Crippen molar-refractivity contribution in [3.05, 3.63) is 0 Å². The lowest BCUT2D eigenvalue weighted by atomic mass is 9.97. The molecule has 2 saturated heterocycles. The second kappa shape index (κ2) is 8.29. The second-order valence-corrected chi connectivity index (χ2v) is 5.74. The lowest BCUT2D eigenvalue weighted by Crippen LogP contribution is -2.64. The Balaban J connectivity index is 2.12. The number of aliphatic hydroxyl groups is 7. The monoisotopic (exact) mass is 356 g/mol. The molecule has 2 rings (SSSR count). The maximum atomic E-state index is 10.2. The van der Waals surface area contributed by atoms with Gasteiger partial charge in [0.2, 0.25) is 0 Å². The van der Waals surface area contributed by atoms with Crippen LogP contribution in [-0.2, 0) is 18.9 Å². The number of rotatable bonds is 5. The van der Waals surface area contributed by atoms with E-state index in [2.05, 4.69) is 0 Å². The molecule has 11 heteroatoms. The van der Waals surface area contributed by atoms with Gasteiger partial charge in [0.15, 0.2) is 12.6 Å². The summed E-state index contributed by atoms with van der Waals surface area (Å²) in [6.45, 7) is -1.24. The fourth-order valence-corrected chi connectivity index (χ4v) is 2.75. The summed E-state index contributed by atoms with van der Waals surface area (Å²) in [7, 11) is 1.24. The van der Waals surface area contributed by atoms with Gasteiger partial charge in [-0.05, 0) is 0 Å². The molecule has 142 valence electrons. The molecule has 7 N–H and O–H groups in total. The Bertz CT molecular complexity index is 392. The van der Waals surface area contributed by atoms with E-state index in [1.807, 2.05) is 0 Å². The van der Waals surface area contributed by atoms with Crippen LogP contribution in [0.3, 0.4) is 0 Å². The van der Waals surface area contributed by atoms with E-state index in [-0.39, 0.29) is 0 Å². The summed E-state index contributed by atoms with van der Waals surface area (Å²) in [5.41, 5.74) is 0. The van der Waals surface area contributed by atoms with Gasteiger partial charge >= 0.3 is 0 Å². The highest BCUT2D eigenvalue weighted by Gasteiger charge is 2.50. The SMILES string of the molecule is CO[C@@H]1OC(CO)[C@@H](O[C@@H]2OC(CO)[C@H](O)[C@H](O)C2O)[C@H](O)C1O. The molecule has 2 aliphatic heterocycles. The minimum atomic E-state index is -1.69. The molecule has 24 heavy (non-hydrogen) atoms. The number of hydrogen-bond acceptors (Lipinski definition) is 11. The van der Waals surface area contributed by atoms with Gasteiger partial charge in [-0.3, -0.25) is 0 Å². The average Bonchev–Trinajstić information content (AvgIpc) is 2.59. The molecule has 2 heterocycles. The van der Waals surface area contributed by atoms with Gasteiger partial charge in [0.05, 0.1) is 13.2 Å². The molecular weight excluding hydrogens is 332 g/mol. The summed E-state index contributed by atoms with van der Waals surface area (Å²) in [6, 6.07) is 0. The predicted octanol–water partition coefficient (Wildman–Crippen LogP) is -4.74. The highest BCUT2D eigenvalue weighted by Crippen LogP contribution is 2.29. The Hall–Kier alpha value is -0.440. The molecule has 10 atom stereocenters. The first-order valence-corrected chi connectivity index (χ1v) is 7.46. The molecule has 0 spiro atoms. The molecule has 0 radical (unpaired) electrons. The van der Waals surface area contributed by atoms with Gasteiger partial charge in [-0.25, -0.2) is 0 Å². The lowest BCUT2D eigenvalue weighted by Gasteiger charge is -2.45. The standard InChI is InChI=1S/C13H24O11/c1-21-12-10(20)8(18)11(5(3-15)23-12)24-13-9(19)7(17)6(16)4(2-14)22-13/h4-20H,2-3H2,1H3/t4?,5?,6-,7-,8+,9?,10?,11+,12+,13-/m0/s1. The van der Waals surface area contributed by atoms with E-state index in [0.29, 0.717) is 0 Å². The van der Waals surface area contributed by atoms with Crippen molar-refractivity contribution in [2.45, 2.75) is 61.4 Å². The van der Waals surface area contributed by atoms with E-state index in [4.69, 9.17) is 24.1 Å². The van der Waals surface area contributed by atoms with Crippen molar-refractivity contribution >= 4 is 0 Å². The van der Waals surface area contributed by atoms with Gasteiger partial charge in [0.1, 0.15) is 48.8 Å². The molecule has 2 fully saturated rings. The molecule has 11 nitrogen and oxygen atoms in total. The minimum Gasteiger partial charge on any atom is -0.394 e. The molecule has 0 bridgehead atoms. The summed E-state index contributed by atoms with van der Waals surface area (Å²) in [5.74, 6) is 0. The zero-order chi connectivity index (χ0) is 18.0. The molecule has 0 aromatic rings. The summed E-state index contributed by atoms with van der Waals surface area (Å²) >= 11 is 0. The van der Waals surface area contributed by atoms with Crippen LogP contribution in [0.25, 0.3) is 0 Å². The van der Waals surface area contributed by atoms with Gasteiger partial charge in [-0.2, -0.15) is 0 Å². The topological polar surface area (TPSA) is 179 Å². The lowest BCUT2D eigenvalue weighted by molar-refractivity contribution is -0.357. The molecule has 0 amide bonds. The van der Waals surface area contributed by atoms with Gasteiger partial charge in [0.25, 0.3) is 0 Å². The quantitative estimate of drug-likeness (QED) is 0.251. The van der Waals surface area contributed by atoms with Crippen molar-refractivity contribution in [2.75, 3.05) is 20.3 Å². The van der Waals surface area contributed by atoms with Crippen LogP contribution in [-0.4, -0.2) is 117 Å². The Morgan fingerprint density at radius 1 is 0.708 bits per heavy atom. The fourth-order valence-electron chi connectivity index (χ4n) is 2.75. The molecule has 0 aromatic carbocycles. The molecule has 0 aliphatic carbocycles.